The van der Waals surface area contributed by atoms with Crippen molar-refractivity contribution in [1.29, 1.82) is 0 Å². The van der Waals surface area contributed by atoms with Crippen LogP contribution < -0.4 is 15.6 Å². The molecule has 0 bridgehead atoms. The third-order valence-electron chi connectivity index (χ3n) is 8.17. The van der Waals surface area contributed by atoms with Crippen molar-refractivity contribution in [3.63, 3.8) is 0 Å². The molecule has 2 aliphatic rings. The second-order valence-corrected chi connectivity index (χ2v) is 12.6. The fourth-order valence-corrected chi connectivity index (χ4v) is 6.29. The first-order valence-electron chi connectivity index (χ1n) is 14.9. The van der Waals surface area contributed by atoms with Gasteiger partial charge < -0.3 is 30.0 Å². The van der Waals surface area contributed by atoms with Crippen LogP contribution in [0.1, 0.15) is 60.1 Å². The molecule has 238 valence electrons. The molecule has 2 fully saturated rings. The van der Waals surface area contributed by atoms with Gasteiger partial charge in [-0.25, -0.2) is 18.8 Å². The molecule has 0 radical (unpaired) electrons. The standard InChI is InChI=1S/C30H41N5O8P/c1-7-19(8-2)15-38-28(36)18(3)34-20-11-9-10-12-22(20)43-44(37)39-16-23-25-26(42-29(4,5)41-25)30(6,40-23)24-14-13-21-27(31)32-17-33-35(21)24/h9-14,17-19,23,25-26,34H,7-8,15-16H2,1-6H3,(H2,31,32,33)/q+1. The summed E-state index contributed by atoms with van der Waals surface area (Å²) < 4.78 is 50.6. The topological polar surface area (TPSA) is 158 Å². The van der Waals surface area contributed by atoms with Crippen molar-refractivity contribution in [1.82, 2.24) is 14.6 Å². The second-order valence-electron chi connectivity index (χ2n) is 11.7. The zero-order chi connectivity index (χ0) is 31.6. The number of ether oxygens (including phenoxy) is 4. The molecular formula is C30H41N5O8P+. The highest BCUT2D eigenvalue weighted by atomic mass is 31.1. The molecule has 6 unspecified atom stereocenters. The Kier molecular flexibility index (Phi) is 9.43. The van der Waals surface area contributed by atoms with Crippen molar-refractivity contribution < 1.29 is 37.4 Å². The summed E-state index contributed by atoms with van der Waals surface area (Å²) in [7, 11) is -2.62. The number of benzene rings is 1. The summed E-state index contributed by atoms with van der Waals surface area (Å²) in [5, 5.41) is 7.46. The first-order valence-corrected chi connectivity index (χ1v) is 16.0. The Bertz CT molecular complexity index is 1500. The Morgan fingerprint density at radius 3 is 2.64 bits per heavy atom. The maximum atomic E-state index is 13.0. The van der Waals surface area contributed by atoms with E-state index >= 15 is 0 Å². The van der Waals surface area contributed by atoms with Gasteiger partial charge in [-0.1, -0.05) is 38.8 Å². The summed E-state index contributed by atoms with van der Waals surface area (Å²) in [6.07, 6.45) is 1.57. The number of hydrogen-bond acceptors (Lipinski definition) is 12. The van der Waals surface area contributed by atoms with Crippen LogP contribution >= 0.6 is 8.25 Å². The Morgan fingerprint density at radius 2 is 1.89 bits per heavy atom. The van der Waals surface area contributed by atoms with Crippen LogP contribution in [0.2, 0.25) is 0 Å². The Hall–Kier alpha value is -3.35. The summed E-state index contributed by atoms with van der Waals surface area (Å²) in [5.74, 6) is -0.334. The van der Waals surface area contributed by atoms with Crippen LogP contribution in [-0.2, 0) is 38.4 Å². The van der Waals surface area contributed by atoms with E-state index in [0.717, 1.165) is 12.8 Å². The molecule has 13 nitrogen and oxygen atoms in total. The fourth-order valence-electron chi connectivity index (χ4n) is 5.65. The first kappa shape index (κ1) is 32.1. The number of nitrogen functional groups attached to an aromatic ring is 1. The summed E-state index contributed by atoms with van der Waals surface area (Å²) in [4.78, 5) is 16.6. The fraction of sp³-hybridized carbons (Fsp3) is 0.567. The lowest BCUT2D eigenvalue weighted by Crippen LogP contribution is -2.39. The lowest BCUT2D eigenvalue weighted by atomic mass is 9.93. The molecule has 44 heavy (non-hydrogen) atoms. The molecule has 0 amide bonds. The highest BCUT2D eigenvalue weighted by molar-refractivity contribution is 7.33. The molecule has 0 saturated carbocycles. The number of carbonyl (C=O) groups excluding carboxylic acids is 1. The van der Waals surface area contributed by atoms with E-state index in [0.29, 0.717) is 35.2 Å². The largest absolute Gasteiger partial charge is 0.750 e. The van der Waals surface area contributed by atoms with Crippen molar-refractivity contribution in [2.75, 3.05) is 24.3 Å². The predicted molar refractivity (Wildman–Crippen MR) is 162 cm³/mol. The van der Waals surface area contributed by atoms with Gasteiger partial charge in [0, 0.05) is 4.57 Å². The molecule has 3 N–H and O–H groups in total. The minimum Gasteiger partial charge on any atom is -0.464 e. The van der Waals surface area contributed by atoms with Gasteiger partial charge in [0.05, 0.1) is 18.0 Å². The zero-order valence-corrected chi connectivity index (χ0v) is 26.8. The van der Waals surface area contributed by atoms with Gasteiger partial charge in [0.15, 0.2) is 11.6 Å². The van der Waals surface area contributed by atoms with Crippen molar-refractivity contribution in [3.05, 3.63) is 48.4 Å². The smallest absolute Gasteiger partial charge is 0.464 e. The quantitative estimate of drug-likeness (QED) is 0.193. The van der Waals surface area contributed by atoms with Crippen molar-refractivity contribution in [2.24, 2.45) is 5.92 Å². The number of fused-ring (bicyclic) bond motifs is 2. The van der Waals surface area contributed by atoms with E-state index in [9.17, 15) is 9.36 Å². The number of nitrogens with zero attached hydrogens (tertiary/aromatic N) is 3. The minimum atomic E-state index is -2.62. The molecule has 2 saturated heterocycles. The van der Waals surface area contributed by atoms with Crippen LogP contribution in [0.5, 0.6) is 5.75 Å². The SMILES string of the molecule is CCC(CC)COC(=O)C(C)Nc1ccccc1O[P+](=O)OCC1OC(C)(c2ccc3c(N)ncnn23)C2OC(C)(C)OC12. The molecule has 0 spiro atoms. The van der Waals surface area contributed by atoms with Crippen LogP contribution in [-0.4, -0.2) is 63.9 Å². The third kappa shape index (κ3) is 6.52. The van der Waals surface area contributed by atoms with Crippen LogP contribution in [0.15, 0.2) is 42.7 Å². The van der Waals surface area contributed by atoms with Gasteiger partial charge in [-0.15, -0.1) is 4.52 Å². The van der Waals surface area contributed by atoms with Crippen molar-refractivity contribution in [2.45, 2.75) is 90.1 Å². The molecule has 1 aromatic carbocycles. The van der Waals surface area contributed by atoms with Gasteiger partial charge in [0.1, 0.15) is 48.4 Å². The van der Waals surface area contributed by atoms with Crippen molar-refractivity contribution >= 4 is 31.2 Å². The van der Waals surface area contributed by atoms with E-state index in [1.54, 1.807) is 35.7 Å². The number of nitrogens with one attached hydrogen (secondary N) is 1. The monoisotopic (exact) mass is 630 g/mol. The molecule has 2 aromatic heterocycles. The molecule has 6 atom stereocenters. The normalized spacial score (nSPS) is 25.2. The Labute approximate surface area is 257 Å². The van der Waals surface area contributed by atoms with E-state index in [4.69, 9.17) is 33.7 Å². The number of nitrogens with two attached hydrogens (primary N) is 1. The van der Waals surface area contributed by atoms with Crippen molar-refractivity contribution in [3.8, 4) is 5.75 Å². The van der Waals surface area contributed by atoms with Gasteiger partial charge in [-0.05, 0) is 57.9 Å². The van der Waals surface area contributed by atoms with E-state index in [1.807, 2.05) is 32.9 Å². The number of hydrogen-bond donors (Lipinski definition) is 2. The number of anilines is 2. The summed E-state index contributed by atoms with van der Waals surface area (Å²) >= 11 is 0. The van der Waals surface area contributed by atoms with E-state index in [2.05, 4.69) is 29.2 Å². The third-order valence-corrected chi connectivity index (χ3v) is 8.88. The van der Waals surface area contributed by atoms with Crippen LogP contribution in [0.4, 0.5) is 11.5 Å². The summed E-state index contributed by atoms with van der Waals surface area (Å²) in [6.45, 7) is 11.7. The van der Waals surface area contributed by atoms with Gasteiger partial charge >= 0.3 is 14.2 Å². The molecule has 4 heterocycles. The second kappa shape index (κ2) is 12.9. The van der Waals surface area contributed by atoms with E-state index < -0.39 is 44.0 Å². The number of rotatable bonds is 13. The zero-order valence-electron chi connectivity index (χ0n) is 25.9. The summed E-state index contributed by atoms with van der Waals surface area (Å²) in [5.41, 5.74) is 6.88. The Morgan fingerprint density at radius 1 is 1.14 bits per heavy atom. The van der Waals surface area contributed by atoms with Crippen LogP contribution in [0, 0.1) is 5.92 Å². The molecule has 5 rings (SSSR count). The molecular weight excluding hydrogens is 589 g/mol. The number of esters is 1. The summed E-state index contributed by atoms with van der Waals surface area (Å²) in [6, 6.07) is 9.92. The molecule has 3 aromatic rings. The average Bonchev–Trinajstić information content (AvgIpc) is 3.65. The predicted octanol–water partition coefficient (Wildman–Crippen LogP) is 4.98. The number of para-hydroxylation sites is 2. The average molecular weight is 631 g/mol. The number of aromatic nitrogens is 3. The maximum Gasteiger partial charge on any atom is 0.750 e. The first-order chi connectivity index (χ1) is 21.0. The van der Waals surface area contributed by atoms with Crippen LogP contribution in [0.25, 0.3) is 5.52 Å². The maximum absolute atomic E-state index is 13.0. The van der Waals surface area contributed by atoms with E-state index in [-0.39, 0.29) is 18.3 Å². The highest BCUT2D eigenvalue weighted by Crippen LogP contribution is 2.50. The molecule has 2 aliphatic heterocycles. The molecule has 14 heteroatoms. The van der Waals surface area contributed by atoms with Crippen LogP contribution in [0.3, 0.4) is 0 Å². The van der Waals surface area contributed by atoms with Gasteiger partial charge in [0.2, 0.25) is 5.75 Å². The Balaban J connectivity index is 1.24. The molecule has 0 aliphatic carbocycles. The number of carbonyl (C=O) groups is 1. The van der Waals surface area contributed by atoms with Gasteiger partial charge in [0.25, 0.3) is 0 Å². The van der Waals surface area contributed by atoms with Gasteiger partial charge in [-0.2, -0.15) is 5.10 Å². The lowest BCUT2D eigenvalue weighted by molar-refractivity contribution is -0.211. The lowest BCUT2D eigenvalue weighted by Gasteiger charge is -2.31. The van der Waals surface area contributed by atoms with Gasteiger partial charge in [-0.3, -0.25) is 0 Å². The minimum absolute atomic E-state index is 0.0970. The highest BCUT2D eigenvalue weighted by Gasteiger charge is 2.63. The van der Waals surface area contributed by atoms with E-state index in [1.165, 1.54) is 6.33 Å².